The molecular weight excluding hydrogens is 483 g/mol. The second kappa shape index (κ2) is 9.17. The lowest BCUT2D eigenvalue weighted by Crippen LogP contribution is -2.04. The van der Waals surface area contributed by atoms with Gasteiger partial charge in [-0.05, 0) is 46.7 Å². The van der Waals surface area contributed by atoms with Crippen LogP contribution in [0.3, 0.4) is 0 Å². The minimum Gasteiger partial charge on any atom is -0.496 e. The number of rotatable bonds is 7. The molecule has 0 aliphatic rings. The van der Waals surface area contributed by atoms with Gasteiger partial charge in [-0.15, -0.1) is 0 Å². The highest BCUT2D eigenvalue weighted by Crippen LogP contribution is 2.38. The molecule has 1 heterocycles. The van der Waals surface area contributed by atoms with Crippen LogP contribution in [-0.2, 0) is 6.61 Å². The van der Waals surface area contributed by atoms with E-state index in [9.17, 15) is 0 Å². The number of nitrogens with zero attached hydrogens (tertiary/aromatic N) is 2. The first-order valence-corrected chi connectivity index (χ1v) is 10.1. The lowest BCUT2D eigenvalue weighted by molar-refractivity contribution is 0.293. The predicted molar refractivity (Wildman–Crippen MR) is 122 cm³/mol. The normalized spacial score (nSPS) is 10.8. The van der Waals surface area contributed by atoms with Gasteiger partial charge in [0, 0.05) is 11.1 Å². The maximum Gasteiger partial charge on any atom is 0.222 e. The molecule has 29 heavy (non-hydrogen) atoms. The molecule has 0 saturated heterocycles. The highest BCUT2D eigenvalue weighted by Gasteiger charge is 2.16. The van der Waals surface area contributed by atoms with Crippen LogP contribution in [0.15, 0.2) is 42.6 Å². The number of nitrogen functional groups attached to an aromatic ring is 2. The zero-order chi connectivity index (χ0) is 21.0. The number of hydrogen-bond acceptors (Lipinski definition) is 7. The number of halogens is 1. The van der Waals surface area contributed by atoms with E-state index in [2.05, 4.69) is 46.4 Å². The van der Waals surface area contributed by atoms with Crippen LogP contribution in [0.4, 0.5) is 11.8 Å². The average Bonchev–Trinajstić information content (AvgIpc) is 2.69. The molecule has 0 amide bonds. The standard InChI is InChI=1S/C21H23IN4O3/c1-12(2)14-8-18(28-11-13-6-4-5-7-16(13)27-3)15(22)9-17(14)29-19-10-25-21(24)26-20(19)23/h4-10,12H,11H2,1-3H3,(H4,23,24,25,26). The van der Waals surface area contributed by atoms with Gasteiger partial charge in [0.2, 0.25) is 5.95 Å². The van der Waals surface area contributed by atoms with E-state index in [-0.39, 0.29) is 17.7 Å². The molecule has 3 aromatic rings. The van der Waals surface area contributed by atoms with Crippen molar-refractivity contribution in [2.45, 2.75) is 26.4 Å². The summed E-state index contributed by atoms with van der Waals surface area (Å²) in [5.74, 6) is 3.10. The van der Waals surface area contributed by atoms with Gasteiger partial charge in [0.15, 0.2) is 11.6 Å². The van der Waals surface area contributed by atoms with E-state index in [1.807, 2.05) is 36.4 Å². The molecule has 0 aliphatic carbocycles. The predicted octanol–water partition coefficient (Wildman–Crippen LogP) is 4.75. The van der Waals surface area contributed by atoms with E-state index in [0.29, 0.717) is 18.1 Å². The number of para-hydroxylation sites is 1. The fourth-order valence-corrected chi connectivity index (χ4v) is 3.37. The third-order valence-corrected chi connectivity index (χ3v) is 5.13. The van der Waals surface area contributed by atoms with Gasteiger partial charge in [-0.1, -0.05) is 32.0 Å². The van der Waals surface area contributed by atoms with Crippen LogP contribution in [0.1, 0.15) is 30.9 Å². The Hall–Kier alpha value is -2.75. The molecule has 0 spiro atoms. The Bertz CT molecular complexity index is 1010. The molecule has 3 rings (SSSR count). The van der Waals surface area contributed by atoms with Crippen molar-refractivity contribution in [3.8, 4) is 23.0 Å². The van der Waals surface area contributed by atoms with Crippen molar-refractivity contribution < 1.29 is 14.2 Å². The molecule has 0 atom stereocenters. The fraction of sp³-hybridized carbons (Fsp3) is 0.238. The quantitative estimate of drug-likeness (QED) is 0.446. The maximum atomic E-state index is 6.09. The zero-order valence-electron chi connectivity index (χ0n) is 16.5. The smallest absolute Gasteiger partial charge is 0.222 e. The van der Waals surface area contributed by atoms with Gasteiger partial charge in [-0.2, -0.15) is 4.98 Å². The summed E-state index contributed by atoms with van der Waals surface area (Å²) < 4.78 is 18.4. The third-order valence-electron chi connectivity index (χ3n) is 4.28. The molecular formula is C21H23IN4O3. The molecule has 0 aliphatic heterocycles. The van der Waals surface area contributed by atoms with Crippen LogP contribution in [0.5, 0.6) is 23.0 Å². The maximum absolute atomic E-state index is 6.09. The van der Waals surface area contributed by atoms with Gasteiger partial charge in [0.05, 0.1) is 16.9 Å². The summed E-state index contributed by atoms with van der Waals surface area (Å²) in [6.45, 7) is 4.57. The SMILES string of the molecule is COc1ccccc1COc1cc(C(C)C)c(Oc2cnc(N)nc2N)cc1I. The van der Waals surface area contributed by atoms with Crippen molar-refractivity contribution >= 4 is 34.4 Å². The molecule has 4 N–H and O–H groups in total. The number of benzene rings is 2. The highest BCUT2D eigenvalue weighted by atomic mass is 127. The summed E-state index contributed by atoms with van der Waals surface area (Å²) in [4.78, 5) is 7.90. The van der Waals surface area contributed by atoms with Gasteiger partial charge in [0.25, 0.3) is 0 Å². The molecule has 8 heteroatoms. The average molecular weight is 506 g/mol. The molecule has 2 aromatic carbocycles. The Morgan fingerprint density at radius 1 is 1.03 bits per heavy atom. The summed E-state index contributed by atoms with van der Waals surface area (Å²) in [5.41, 5.74) is 13.4. The summed E-state index contributed by atoms with van der Waals surface area (Å²) in [5, 5.41) is 0. The van der Waals surface area contributed by atoms with Crippen LogP contribution in [0.2, 0.25) is 0 Å². The Kier molecular flexibility index (Phi) is 6.63. The summed E-state index contributed by atoms with van der Waals surface area (Å²) >= 11 is 2.22. The van der Waals surface area contributed by atoms with Gasteiger partial charge in [0.1, 0.15) is 23.9 Å². The van der Waals surface area contributed by atoms with Gasteiger partial charge in [-0.3, -0.25) is 0 Å². The molecule has 0 bridgehead atoms. The lowest BCUT2D eigenvalue weighted by atomic mass is 10.0. The number of methoxy groups -OCH3 is 1. The van der Waals surface area contributed by atoms with Gasteiger partial charge >= 0.3 is 0 Å². The Morgan fingerprint density at radius 2 is 1.79 bits per heavy atom. The second-order valence-corrected chi connectivity index (χ2v) is 7.82. The van der Waals surface area contributed by atoms with Crippen molar-refractivity contribution in [1.82, 2.24) is 9.97 Å². The molecule has 0 saturated carbocycles. The van der Waals surface area contributed by atoms with E-state index in [1.54, 1.807) is 7.11 Å². The fourth-order valence-electron chi connectivity index (χ4n) is 2.77. The Morgan fingerprint density at radius 3 is 2.48 bits per heavy atom. The molecule has 152 valence electrons. The minimum absolute atomic E-state index is 0.105. The summed E-state index contributed by atoms with van der Waals surface area (Å²) in [7, 11) is 1.65. The molecule has 0 fully saturated rings. The Labute approximate surface area is 183 Å². The van der Waals surface area contributed by atoms with Crippen molar-refractivity contribution in [3.05, 3.63) is 57.3 Å². The van der Waals surface area contributed by atoms with Crippen molar-refractivity contribution in [2.24, 2.45) is 0 Å². The van der Waals surface area contributed by atoms with E-state index >= 15 is 0 Å². The molecule has 0 unspecified atom stereocenters. The summed E-state index contributed by atoms with van der Waals surface area (Å²) in [6.07, 6.45) is 1.47. The highest BCUT2D eigenvalue weighted by molar-refractivity contribution is 14.1. The van der Waals surface area contributed by atoms with E-state index in [1.165, 1.54) is 6.20 Å². The number of anilines is 2. The number of ether oxygens (including phenoxy) is 3. The first kappa shape index (κ1) is 21.0. The largest absolute Gasteiger partial charge is 0.496 e. The van der Waals surface area contributed by atoms with Crippen LogP contribution in [-0.4, -0.2) is 17.1 Å². The third kappa shape index (κ3) is 5.00. The van der Waals surface area contributed by atoms with E-state index < -0.39 is 0 Å². The van der Waals surface area contributed by atoms with E-state index in [4.69, 9.17) is 25.7 Å². The number of aromatic nitrogens is 2. The first-order valence-electron chi connectivity index (χ1n) is 9.03. The monoisotopic (exact) mass is 506 g/mol. The van der Waals surface area contributed by atoms with Crippen molar-refractivity contribution in [2.75, 3.05) is 18.6 Å². The zero-order valence-corrected chi connectivity index (χ0v) is 18.6. The summed E-state index contributed by atoms with van der Waals surface area (Å²) in [6, 6.07) is 11.7. The van der Waals surface area contributed by atoms with Crippen molar-refractivity contribution in [1.29, 1.82) is 0 Å². The Balaban J connectivity index is 1.88. The van der Waals surface area contributed by atoms with Crippen LogP contribution in [0.25, 0.3) is 0 Å². The molecule has 1 aromatic heterocycles. The lowest BCUT2D eigenvalue weighted by Gasteiger charge is -2.18. The molecule has 7 nitrogen and oxygen atoms in total. The van der Waals surface area contributed by atoms with Gasteiger partial charge in [-0.25, -0.2) is 4.98 Å². The first-order chi connectivity index (χ1) is 13.9. The number of nitrogens with two attached hydrogens (primary N) is 2. The van der Waals surface area contributed by atoms with Crippen molar-refractivity contribution in [3.63, 3.8) is 0 Å². The topological polar surface area (TPSA) is 106 Å². The number of hydrogen-bond donors (Lipinski definition) is 2. The molecule has 0 radical (unpaired) electrons. The second-order valence-electron chi connectivity index (χ2n) is 6.66. The minimum atomic E-state index is 0.105. The van der Waals surface area contributed by atoms with Crippen LogP contribution >= 0.6 is 22.6 Å². The van der Waals surface area contributed by atoms with Crippen LogP contribution in [0, 0.1) is 3.57 Å². The van der Waals surface area contributed by atoms with E-state index in [0.717, 1.165) is 26.2 Å². The van der Waals surface area contributed by atoms with Crippen LogP contribution < -0.4 is 25.7 Å². The van der Waals surface area contributed by atoms with Gasteiger partial charge < -0.3 is 25.7 Å².